The molecule has 0 bridgehead atoms. The van der Waals surface area contributed by atoms with E-state index in [9.17, 15) is 14.0 Å². The highest BCUT2D eigenvalue weighted by Gasteiger charge is 2.20. The fourth-order valence-corrected chi connectivity index (χ4v) is 3.25. The molecule has 142 valence electrons. The highest BCUT2D eigenvalue weighted by Crippen LogP contribution is 2.23. The summed E-state index contributed by atoms with van der Waals surface area (Å²) >= 11 is 5.89. The van der Waals surface area contributed by atoms with E-state index in [2.05, 4.69) is 10.6 Å². The Kier molecular flexibility index (Phi) is 6.29. The van der Waals surface area contributed by atoms with E-state index in [0.29, 0.717) is 17.0 Å². The van der Waals surface area contributed by atoms with Crippen LogP contribution in [0.15, 0.2) is 42.5 Å². The third-order valence-electron chi connectivity index (χ3n) is 4.39. The number of ether oxygens (including phenoxy) is 1. The monoisotopic (exact) mass is 390 g/mol. The molecule has 3 rings (SSSR count). The molecule has 5 nitrogen and oxygen atoms in total. The minimum Gasteiger partial charge on any atom is -0.483 e. The minimum atomic E-state index is -0.489. The first-order valence-electron chi connectivity index (χ1n) is 8.80. The molecule has 0 heterocycles. The number of carbonyl (C=O) groups is 2. The van der Waals surface area contributed by atoms with Gasteiger partial charge in [0.1, 0.15) is 11.6 Å². The zero-order valence-corrected chi connectivity index (χ0v) is 15.4. The first-order chi connectivity index (χ1) is 13.0. The number of hydrogen-bond acceptors (Lipinski definition) is 3. The van der Waals surface area contributed by atoms with Crippen molar-refractivity contribution in [3.63, 3.8) is 0 Å². The van der Waals surface area contributed by atoms with Gasteiger partial charge in [-0.05, 0) is 43.2 Å². The maximum atomic E-state index is 13.1. The van der Waals surface area contributed by atoms with Gasteiger partial charge in [-0.3, -0.25) is 9.59 Å². The highest BCUT2D eigenvalue weighted by atomic mass is 35.5. The second-order valence-corrected chi connectivity index (χ2v) is 6.82. The summed E-state index contributed by atoms with van der Waals surface area (Å²) in [7, 11) is 0. The van der Waals surface area contributed by atoms with Crippen LogP contribution in [0, 0.1) is 5.82 Å². The lowest BCUT2D eigenvalue weighted by Gasteiger charge is -2.15. The van der Waals surface area contributed by atoms with Crippen LogP contribution in [-0.4, -0.2) is 24.5 Å². The van der Waals surface area contributed by atoms with Crippen molar-refractivity contribution in [1.29, 1.82) is 0 Å². The summed E-state index contributed by atoms with van der Waals surface area (Å²) in [5, 5.41) is 5.65. The Morgan fingerprint density at radius 1 is 1.15 bits per heavy atom. The predicted octanol–water partition coefficient (Wildman–Crippen LogP) is 4.17. The van der Waals surface area contributed by atoms with E-state index in [1.165, 1.54) is 12.1 Å². The maximum absolute atomic E-state index is 13.1. The second-order valence-electron chi connectivity index (χ2n) is 6.41. The fourth-order valence-electron chi connectivity index (χ4n) is 3.03. The lowest BCUT2D eigenvalue weighted by atomic mass is 10.1. The van der Waals surface area contributed by atoms with Crippen LogP contribution in [0.1, 0.15) is 36.0 Å². The number of halogens is 2. The van der Waals surface area contributed by atoms with E-state index in [-0.39, 0.29) is 23.6 Å². The maximum Gasteiger partial charge on any atom is 0.262 e. The fraction of sp³-hybridized carbons (Fsp3) is 0.300. The molecule has 2 amide bonds. The van der Waals surface area contributed by atoms with Crippen LogP contribution in [0.3, 0.4) is 0 Å². The Hall–Kier alpha value is -2.60. The van der Waals surface area contributed by atoms with Crippen LogP contribution in [0.25, 0.3) is 0 Å². The molecule has 0 spiro atoms. The van der Waals surface area contributed by atoms with Gasteiger partial charge in [0, 0.05) is 6.04 Å². The summed E-state index contributed by atoms with van der Waals surface area (Å²) in [6, 6.07) is 10.7. The van der Waals surface area contributed by atoms with Crippen molar-refractivity contribution in [3.8, 4) is 5.75 Å². The number of anilines is 1. The Balaban J connectivity index is 1.60. The third kappa shape index (κ3) is 5.20. The van der Waals surface area contributed by atoms with Crippen LogP contribution < -0.4 is 15.4 Å². The number of hydrogen-bond donors (Lipinski definition) is 2. The van der Waals surface area contributed by atoms with E-state index in [1.54, 1.807) is 24.3 Å². The first-order valence-corrected chi connectivity index (χ1v) is 9.18. The van der Waals surface area contributed by atoms with Crippen molar-refractivity contribution < 1.29 is 18.7 Å². The molecule has 1 fully saturated rings. The molecule has 0 aromatic heterocycles. The third-order valence-corrected chi connectivity index (χ3v) is 4.70. The number of para-hydroxylation sites is 1. The minimum absolute atomic E-state index is 0.0969. The molecule has 2 N–H and O–H groups in total. The quantitative estimate of drug-likeness (QED) is 0.777. The largest absolute Gasteiger partial charge is 0.483 e. The SMILES string of the molecule is O=C(COc1ccccc1C(=O)NC1CCCC1)Nc1ccc(F)cc1Cl. The molecule has 0 unspecified atom stereocenters. The van der Waals surface area contributed by atoms with Gasteiger partial charge in [-0.25, -0.2) is 4.39 Å². The van der Waals surface area contributed by atoms with Crippen molar-refractivity contribution in [1.82, 2.24) is 5.32 Å². The number of benzene rings is 2. The Labute approximate surface area is 161 Å². The molecule has 1 aliphatic rings. The number of nitrogens with one attached hydrogen (secondary N) is 2. The van der Waals surface area contributed by atoms with E-state index in [0.717, 1.165) is 31.7 Å². The Bertz CT molecular complexity index is 838. The second kappa shape index (κ2) is 8.86. The number of carbonyl (C=O) groups excluding carboxylic acids is 2. The zero-order valence-electron chi connectivity index (χ0n) is 14.6. The van der Waals surface area contributed by atoms with Gasteiger partial charge >= 0.3 is 0 Å². The average Bonchev–Trinajstić information content (AvgIpc) is 3.15. The van der Waals surface area contributed by atoms with E-state index in [4.69, 9.17) is 16.3 Å². The molecule has 0 radical (unpaired) electrons. The van der Waals surface area contributed by atoms with E-state index < -0.39 is 11.7 Å². The van der Waals surface area contributed by atoms with Gasteiger partial charge in [-0.2, -0.15) is 0 Å². The van der Waals surface area contributed by atoms with Crippen molar-refractivity contribution in [3.05, 3.63) is 58.9 Å². The summed E-state index contributed by atoms with van der Waals surface area (Å²) in [5.41, 5.74) is 0.677. The molecule has 0 saturated heterocycles. The van der Waals surface area contributed by atoms with E-state index in [1.807, 2.05) is 0 Å². The van der Waals surface area contributed by atoms with Gasteiger partial charge < -0.3 is 15.4 Å². The molecule has 27 heavy (non-hydrogen) atoms. The molecule has 7 heteroatoms. The Morgan fingerprint density at radius 2 is 1.89 bits per heavy atom. The topological polar surface area (TPSA) is 67.4 Å². The lowest BCUT2D eigenvalue weighted by molar-refractivity contribution is -0.118. The van der Waals surface area contributed by atoms with Gasteiger partial charge in [0.05, 0.1) is 16.3 Å². The Morgan fingerprint density at radius 3 is 2.63 bits per heavy atom. The van der Waals surface area contributed by atoms with Crippen LogP contribution in [0.5, 0.6) is 5.75 Å². The molecular formula is C20H20ClFN2O3. The van der Waals surface area contributed by atoms with E-state index >= 15 is 0 Å². The van der Waals surface area contributed by atoms with Gasteiger partial charge in [-0.1, -0.05) is 36.6 Å². The van der Waals surface area contributed by atoms with Crippen LogP contribution >= 0.6 is 11.6 Å². The summed E-state index contributed by atoms with van der Waals surface area (Å²) in [6.45, 7) is -0.304. The van der Waals surface area contributed by atoms with Crippen molar-refractivity contribution in [2.24, 2.45) is 0 Å². The highest BCUT2D eigenvalue weighted by molar-refractivity contribution is 6.33. The molecule has 1 saturated carbocycles. The predicted molar refractivity (Wildman–Crippen MR) is 102 cm³/mol. The van der Waals surface area contributed by atoms with Gasteiger partial charge in [0.2, 0.25) is 0 Å². The van der Waals surface area contributed by atoms with Crippen LogP contribution in [-0.2, 0) is 4.79 Å². The molecule has 1 aliphatic carbocycles. The van der Waals surface area contributed by atoms with Crippen LogP contribution in [0.4, 0.5) is 10.1 Å². The molecular weight excluding hydrogens is 371 g/mol. The summed E-state index contributed by atoms with van der Waals surface area (Å²) in [5.74, 6) is -0.834. The molecule has 2 aromatic rings. The lowest BCUT2D eigenvalue weighted by Crippen LogP contribution is -2.33. The van der Waals surface area contributed by atoms with Gasteiger partial charge in [0.25, 0.3) is 11.8 Å². The number of amides is 2. The molecule has 0 aliphatic heterocycles. The molecule has 2 aromatic carbocycles. The van der Waals surface area contributed by atoms with Gasteiger partial charge in [-0.15, -0.1) is 0 Å². The van der Waals surface area contributed by atoms with Crippen LogP contribution in [0.2, 0.25) is 5.02 Å². The van der Waals surface area contributed by atoms with Crippen molar-refractivity contribution in [2.75, 3.05) is 11.9 Å². The van der Waals surface area contributed by atoms with Crippen molar-refractivity contribution >= 4 is 29.1 Å². The zero-order chi connectivity index (χ0) is 19.2. The normalized spacial score (nSPS) is 14.0. The molecule has 0 atom stereocenters. The standard InChI is InChI=1S/C20H20ClFN2O3/c21-16-11-13(22)9-10-17(16)24-19(25)12-27-18-8-4-3-7-15(18)20(26)23-14-5-1-2-6-14/h3-4,7-11,14H,1-2,5-6,12H2,(H,23,26)(H,24,25). The number of rotatable bonds is 6. The van der Waals surface area contributed by atoms with Crippen molar-refractivity contribution in [2.45, 2.75) is 31.7 Å². The summed E-state index contributed by atoms with van der Waals surface area (Å²) in [4.78, 5) is 24.6. The first kappa shape index (κ1) is 19.2. The van der Waals surface area contributed by atoms with Gasteiger partial charge in [0.15, 0.2) is 6.61 Å². The smallest absolute Gasteiger partial charge is 0.262 e. The summed E-state index contributed by atoms with van der Waals surface area (Å²) in [6.07, 6.45) is 4.20. The average molecular weight is 391 g/mol. The summed E-state index contributed by atoms with van der Waals surface area (Å²) < 4.78 is 18.6.